The van der Waals surface area contributed by atoms with Gasteiger partial charge in [-0.3, -0.25) is 33.7 Å². The van der Waals surface area contributed by atoms with Gasteiger partial charge in [0, 0.05) is 25.1 Å². The average molecular weight is 580 g/mol. The van der Waals surface area contributed by atoms with Crippen LogP contribution in [0.25, 0.3) is 0 Å². The summed E-state index contributed by atoms with van der Waals surface area (Å²) in [7, 11) is 1.58. The molecule has 3 atom stereocenters. The third kappa shape index (κ3) is 14.3. The van der Waals surface area contributed by atoms with Crippen LogP contribution in [0.5, 0.6) is 0 Å². The number of thioether (sulfide) groups is 1. The average Bonchev–Trinajstić information content (AvgIpc) is 3.21. The minimum atomic E-state index is -0.919. The lowest BCUT2D eigenvalue weighted by molar-refractivity contribution is -0.137. The fourth-order valence-corrected chi connectivity index (χ4v) is 4.47. The van der Waals surface area contributed by atoms with E-state index in [1.165, 1.54) is 26.0 Å². The van der Waals surface area contributed by atoms with E-state index in [1.54, 1.807) is 26.5 Å². The second-order valence-corrected chi connectivity index (χ2v) is 10.9. The minimum absolute atomic E-state index is 0.179. The third-order valence-corrected chi connectivity index (χ3v) is 7.05. The maximum Gasteiger partial charge on any atom is 0.253 e. The highest BCUT2D eigenvalue weighted by Crippen LogP contribution is 2.08. The second-order valence-electron chi connectivity index (χ2n) is 9.83. The number of imide groups is 1. The molecule has 1 aliphatic rings. The SMILES string of the molecule is BC(=O)CCCCCSCNC(=O)C(C)NC(=O)C(C)NC(=O)C(C)NC(=O)CCCCCN1C(=O)C=CC1=O. The van der Waals surface area contributed by atoms with Gasteiger partial charge in [-0.2, -0.15) is 0 Å². The smallest absolute Gasteiger partial charge is 0.253 e. The molecule has 1 aliphatic heterocycles. The number of nitrogens with zero attached hydrogens (tertiary/aromatic N) is 1. The molecule has 0 fully saturated rings. The van der Waals surface area contributed by atoms with Gasteiger partial charge in [-0.15, -0.1) is 11.8 Å². The number of rotatable bonds is 20. The van der Waals surface area contributed by atoms with E-state index >= 15 is 0 Å². The van der Waals surface area contributed by atoms with Crippen LogP contribution in [0.4, 0.5) is 0 Å². The molecule has 0 aromatic carbocycles. The van der Waals surface area contributed by atoms with Crippen molar-refractivity contribution in [3.05, 3.63) is 12.2 Å². The number of unbranched alkanes of at least 4 members (excludes halogenated alkanes) is 4. The zero-order chi connectivity index (χ0) is 30.1. The Balaban J connectivity index is 2.19. The molecule has 0 saturated carbocycles. The van der Waals surface area contributed by atoms with E-state index in [4.69, 9.17) is 0 Å². The standard InChI is InChI=1S/C26H42BN5O7S/c1-17(24(37)28-16-40-15-9-5-6-10-20(27)33)30-26(39)19(3)31-25(38)18(2)29-21(34)11-7-4-8-14-32-22(35)12-13-23(32)36/h12-13,17-19H,4-11,14-16,27H2,1-3H3,(H,28,37)(H,29,34)(H,30,39)(H,31,38). The molecule has 14 heteroatoms. The van der Waals surface area contributed by atoms with Crippen LogP contribution in [0, 0.1) is 0 Å². The Bertz CT molecular complexity index is 944. The summed E-state index contributed by atoms with van der Waals surface area (Å²) >= 11 is 1.56. The lowest BCUT2D eigenvalue weighted by atomic mass is 9.97. The van der Waals surface area contributed by atoms with Gasteiger partial charge in [0.15, 0.2) is 7.85 Å². The molecule has 0 bridgehead atoms. The van der Waals surface area contributed by atoms with Gasteiger partial charge in [0.25, 0.3) is 11.8 Å². The molecule has 0 aliphatic carbocycles. The highest BCUT2D eigenvalue weighted by atomic mass is 32.2. The van der Waals surface area contributed by atoms with Crippen molar-refractivity contribution >= 4 is 60.7 Å². The van der Waals surface area contributed by atoms with Crippen LogP contribution in [-0.2, 0) is 33.6 Å². The number of carbonyl (C=O) groups excluding carboxylic acids is 7. The van der Waals surface area contributed by atoms with Gasteiger partial charge >= 0.3 is 0 Å². The first-order chi connectivity index (χ1) is 18.9. The molecular weight excluding hydrogens is 537 g/mol. The van der Waals surface area contributed by atoms with Crippen LogP contribution >= 0.6 is 11.8 Å². The van der Waals surface area contributed by atoms with E-state index < -0.39 is 29.9 Å². The topological polar surface area (TPSA) is 171 Å². The summed E-state index contributed by atoms with van der Waals surface area (Å²) in [4.78, 5) is 84.3. The summed E-state index contributed by atoms with van der Waals surface area (Å²) in [5.74, 6) is -1.13. The van der Waals surface area contributed by atoms with Crippen molar-refractivity contribution in [2.45, 2.75) is 90.3 Å². The van der Waals surface area contributed by atoms with Crippen molar-refractivity contribution < 1.29 is 33.6 Å². The van der Waals surface area contributed by atoms with Crippen molar-refractivity contribution in [1.29, 1.82) is 0 Å². The summed E-state index contributed by atoms with van der Waals surface area (Å²) in [5.41, 5.74) is 0.192. The maximum atomic E-state index is 12.4. The molecule has 4 N–H and O–H groups in total. The molecule has 1 heterocycles. The van der Waals surface area contributed by atoms with Gasteiger partial charge in [-0.25, -0.2) is 0 Å². The predicted octanol–water partition coefficient (Wildman–Crippen LogP) is -0.487. The molecule has 40 heavy (non-hydrogen) atoms. The third-order valence-electron chi connectivity index (χ3n) is 6.13. The minimum Gasteiger partial charge on any atom is -0.345 e. The van der Waals surface area contributed by atoms with E-state index in [0.717, 1.165) is 29.9 Å². The predicted molar refractivity (Wildman–Crippen MR) is 155 cm³/mol. The molecule has 222 valence electrons. The largest absolute Gasteiger partial charge is 0.345 e. The van der Waals surface area contributed by atoms with Crippen LogP contribution in [0.2, 0.25) is 0 Å². The Labute approximate surface area is 241 Å². The molecule has 0 aromatic rings. The second kappa shape index (κ2) is 19.0. The van der Waals surface area contributed by atoms with Crippen LogP contribution in [-0.4, -0.2) is 90.2 Å². The summed E-state index contributed by atoms with van der Waals surface area (Å²) in [6.45, 7) is 4.84. The lowest BCUT2D eigenvalue weighted by Gasteiger charge is -2.20. The Hall–Kier alpha value is -3.16. The van der Waals surface area contributed by atoms with Crippen molar-refractivity contribution in [2.24, 2.45) is 0 Å². The lowest BCUT2D eigenvalue weighted by Crippen LogP contribution is -2.54. The van der Waals surface area contributed by atoms with Gasteiger partial charge in [0.2, 0.25) is 23.6 Å². The Morgan fingerprint density at radius 1 is 0.750 bits per heavy atom. The summed E-state index contributed by atoms with van der Waals surface area (Å²) < 4.78 is 0. The first kappa shape index (κ1) is 34.9. The molecule has 0 radical (unpaired) electrons. The molecule has 12 nitrogen and oxygen atoms in total. The molecule has 0 spiro atoms. The van der Waals surface area contributed by atoms with Crippen molar-refractivity contribution in [2.75, 3.05) is 18.2 Å². The zero-order valence-corrected chi connectivity index (χ0v) is 24.7. The van der Waals surface area contributed by atoms with Gasteiger partial charge in [-0.05, 0) is 58.6 Å². The van der Waals surface area contributed by atoms with Gasteiger partial charge in [0.1, 0.15) is 18.1 Å². The number of hydrogen-bond acceptors (Lipinski definition) is 8. The van der Waals surface area contributed by atoms with E-state index in [1.807, 2.05) is 0 Å². The molecule has 0 aromatic heterocycles. The van der Waals surface area contributed by atoms with E-state index in [-0.39, 0.29) is 35.7 Å². The summed E-state index contributed by atoms with van der Waals surface area (Å²) in [5, 5.41) is 10.4. The quantitative estimate of drug-likeness (QED) is 0.0648. The molecular formula is C26H42BN5O7S. The number of carbonyl (C=O) groups is 7. The first-order valence-corrected chi connectivity index (χ1v) is 14.9. The first-order valence-electron chi connectivity index (χ1n) is 13.7. The van der Waals surface area contributed by atoms with Crippen molar-refractivity contribution in [3.63, 3.8) is 0 Å². The van der Waals surface area contributed by atoms with Gasteiger partial charge in [-0.1, -0.05) is 12.8 Å². The van der Waals surface area contributed by atoms with Crippen LogP contribution in [0.1, 0.15) is 72.1 Å². The maximum absolute atomic E-state index is 12.4. The molecule has 6 amide bonds. The van der Waals surface area contributed by atoms with Crippen molar-refractivity contribution in [1.82, 2.24) is 26.2 Å². The highest BCUT2D eigenvalue weighted by Gasteiger charge is 2.24. The van der Waals surface area contributed by atoms with Crippen molar-refractivity contribution in [3.8, 4) is 0 Å². The van der Waals surface area contributed by atoms with E-state index in [2.05, 4.69) is 21.3 Å². The zero-order valence-electron chi connectivity index (χ0n) is 23.9. The van der Waals surface area contributed by atoms with Crippen LogP contribution in [0.3, 0.4) is 0 Å². The summed E-state index contributed by atoms with van der Waals surface area (Å²) in [6.07, 6.45) is 7.77. The van der Waals surface area contributed by atoms with Gasteiger partial charge in [0.05, 0.1) is 11.6 Å². The van der Waals surface area contributed by atoms with Crippen LogP contribution in [0.15, 0.2) is 12.2 Å². The molecule has 3 unspecified atom stereocenters. The number of amides is 6. The fourth-order valence-electron chi connectivity index (χ4n) is 3.67. The van der Waals surface area contributed by atoms with Gasteiger partial charge < -0.3 is 26.1 Å². The highest BCUT2D eigenvalue weighted by molar-refractivity contribution is 7.99. The van der Waals surface area contributed by atoms with E-state index in [0.29, 0.717) is 38.1 Å². The Morgan fingerprint density at radius 2 is 1.27 bits per heavy atom. The molecule has 1 rings (SSSR count). The number of nitrogens with one attached hydrogen (secondary N) is 4. The monoisotopic (exact) mass is 579 g/mol. The summed E-state index contributed by atoms with van der Waals surface area (Å²) in [6, 6.07) is -2.58. The Morgan fingerprint density at radius 3 is 1.88 bits per heavy atom. The molecule has 0 saturated heterocycles. The Kier molecular flexibility index (Phi) is 16.6. The fraction of sp³-hybridized carbons (Fsp3) is 0.654. The number of hydrogen-bond donors (Lipinski definition) is 4. The van der Waals surface area contributed by atoms with Crippen LogP contribution < -0.4 is 21.3 Å². The van der Waals surface area contributed by atoms with E-state index in [9.17, 15) is 33.6 Å². The normalized spacial score (nSPS) is 14.8.